The first-order valence-electron chi connectivity index (χ1n) is 9.64. The van der Waals surface area contributed by atoms with E-state index in [4.69, 9.17) is 0 Å². The van der Waals surface area contributed by atoms with Crippen molar-refractivity contribution in [3.8, 4) is 0 Å². The summed E-state index contributed by atoms with van der Waals surface area (Å²) in [6.45, 7) is 6.82. The number of nitro benzene ring substituents is 1. The zero-order valence-corrected chi connectivity index (χ0v) is 17.3. The molecule has 29 heavy (non-hydrogen) atoms. The molecule has 156 valence electrons. The van der Waals surface area contributed by atoms with Crippen LogP contribution in [0.25, 0.3) is 0 Å². The fourth-order valence-corrected chi connectivity index (χ4v) is 4.72. The van der Waals surface area contributed by atoms with Crippen LogP contribution in [0.1, 0.15) is 12.0 Å². The third kappa shape index (κ3) is 5.53. The van der Waals surface area contributed by atoms with Crippen LogP contribution in [-0.2, 0) is 10.0 Å². The van der Waals surface area contributed by atoms with Crippen LogP contribution in [0.3, 0.4) is 0 Å². The number of rotatable bonds is 8. The molecule has 9 heteroatoms. The Morgan fingerprint density at radius 1 is 1.07 bits per heavy atom. The van der Waals surface area contributed by atoms with Crippen LogP contribution in [-0.4, -0.2) is 57.5 Å². The molecule has 1 aliphatic heterocycles. The van der Waals surface area contributed by atoms with E-state index >= 15 is 0 Å². The first kappa shape index (κ1) is 21.2. The summed E-state index contributed by atoms with van der Waals surface area (Å²) < 4.78 is 27.3. The van der Waals surface area contributed by atoms with Gasteiger partial charge in [-0.15, -0.1) is 0 Å². The molecular weight excluding hydrogens is 392 g/mol. The fraction of sp³-hybridized carbons (Fsp3) is 0.400. The van der Waals surface area contributed by atoms with Crippen molar-refractivity contribution in [3.63, 3.8) is 0 Å². The maximum absolute atomic E-state index is 12.4. The Hall–Kier alpha value is -2.49. The van der Waals surface area contributed by atoms with E-state index in [9.17, 15) is 18.5 Å². The normalized spacial score (nSPS) is 15.4. The van der Waals surface area contributed by atoms with Gasteiger partial charge in [-0.1, -0.05) is 24.3 Å². The number of nitrogens with one attached hydrogen (secondary N) is 1. The number of piperazine rings is 1. The average Bonchev–Trinajstić information content (AvgIpc) is 2.72. The summed E-state index contributed by atoms with van der Waals surface area (Å²) in [7, 11) is -3.91. The molecular formula is C20H26N4O4S. The average molecular weight is 419 g/mol. The predicted octanol–water partition coefficient (Wildman–Crippen LogP) is 2.39. The highest BCUT2D eigenvalue weighted by Crippen LogP contribution is 2.22. The second-order valence-corrected chi connectivity index (χ2v) is 8.88. The molecule has 1 saturated heterocycles. The molecule has 0 spiro atoms. The van der Waals surface area contributed by atoms with Gasteiger partial charge in [-0.25, -0.2) is 13.1 Å². The third-order valence-electron chi connectivity index (χ3n) is 5.03. The highest BCUT2D eigenvalue weighted by Gasteiger charge is 2.24. The molecule has 3 rings (SSSR count). The van der Waals surface area contributed by atoms with Gasteiger partial charge in [0, 0.05) is 44.5 Å². The minimum Gasteiger partial charge on any atom is -0.369 e. The van der Waals surface area contributed by atoms with Crippen LogP contribution in [0.4, 0.5) is 11.4 Å². The summed E-state index contributed by atoms with van der Waals surface area (Å²) >= 11 is 0. The number of benzene rings is 2. The number of nitro groups is 1. The van der Waals surface area contributed by atoms with Gasteiger partial charge >= 0.3 is 0 Å². The number of hydrogen-bond donors (Lipinski definition) is 1. The molecule has 0 unspecified atom stereocenters. The second kappa shape index (κ2) is 9.34. The van der Waals surface area contributed by atoms with Gasteiger partial charge in [0.05, 0.1) is 4.92 Å². The number of nitrogens with zero attached hydrogens (tertiary/aromatic N) is 3. The monoisotopic (exact) mass is 418 g/mol. The Balaban J connectivity index is 1.45. The molecule has 0 aliphatic carbocycles. The molecule has 0 amide bonds. The van der Waals surface area contributed by atoms with Gasteiger partial charge in [-0.05, 0) is 43.7 Å². The van der Waals surface area contributed by atoms with Crippen LogP contribution in [0.2, 0.25) is 0 Å². The first-order valence-corrected chi connectivity index (χ1v) is 11.1. The zero-order chi connectivity index (χ0) is 20.9. The van der Waals surface area contributed by atoms with Crippen LogP contribution in [0.15, 0.2) is 53.4 Å². The lowest BCUT2D eigenvalue weighted by Crippen LogP contribution is -2.47. The summed E-state index contributed by atoms with van der Waals surface area (Å²) in [5.41, 5.74) is 2.07. The van der Waals surface area contributed by atoms with Gasteiger partial charge in [-0.3, -0.25) is 15.0 Å². The molecule has 1 aliphatic rings. The summed E-state index contributed by atoms with van der Waals surface area (Å²) in [6.07, 6.45) is 0.643. The van der Waals surface area contributed by atoms with Crippen molar-refractivity contribution in [2.45, 2.75) is 18.2 Å². The molecule has 0 radical (unpaired) electrons. The smallest absolute Gasteiger partial charge is 0.289 e. The van der Waals surface area contributed by atoms with Gasteiger partial charge in [-0.2, -0.15) is 0 Å². The van der Waals surface area contributed by atoms with E-state index in [1.807, 2.05) is 0 Å². The largest absolute Gasteiger partial charge is 0.369 e. The molecule has 0 aromatic heterocycles. The molecule has 1 fully saturated rings. The maximum atomic E-state index is 12.4. The van der Waals surface area contributed by atoms with E-state index in [2.05, 4.69) is 45.7 Å². The lowest BCUT2D eigenvalue weighted by molar-refractivity contribution is -0.387. The van der Waals surface area contributed by atoms with Crippen LogP contribution in [0, 0.1) is 17.0 Å². The Kier molecular flexibility index (Phi) is 6.83. The van der Waals surface area contributed by atoms with Gasteiger partial charge in [0.15, 0.2) is 4.90 Å². The highest BCUT2D eigenvalue weighted by molar-refractivity contribution is 7.89. The molecule has 2 aromatic rings. The summed E-state index contributed by atoms with van der Waals surface area (Å²) in [6, 6.07) is 13.9. The zero-order valence-electron chi connectivity index (χ0n) is 16.5. The van der Waals surface area contributed by atoms with Crippen LogP contribution < -0.4 is 9.62 Å². The molecule has 2 aromatic carbocycles. The number of hydrogen-bond acceptors (Lipinski definition) is 6. The SMILES string of the molecule is Cc1cccc(N2CCN(CCCNS(=O)(=O)c3ccccc3[N+](=O)[O-])CC2)c1. The van der Waals surface area contributed by atoms with E-state index < -0.39 is 20.6 Å². The van der Waals surface area contributed by atoms with Crippen molar-refractivity contribution in [2.75, 3.05) is 44.2 Å². The summed E-state index contributed by atoms with van der Waals surface area (Å²) in [5.74, 6) is 0. The van der Waals surface area contributed by atoms with E-state index in [0.29, 0.717) is 6.42 Å². The van der Waals surface area contributed by atoms with Gasteiger partial charge in [0.1, 0.15) is 0 Å². The lowest BCUT2D eigenvalue weighted by atomic mass is 10.2. The Bertz CT molecular complexity index is 956. The van der Waals surface area contributed by atoms with Gasteiger partial charge in [0.25, 0.3) is 5.69 Å². The van der Waals surface area contributed by atoms with Crippen molar-refractivity contribution >= 4 is 21.4 Å². The highest BCUT2D eigenvalue weighted by atomic mass is 32.2. The summed E-state index contributed by atoms with van der Waals surface area (Å²) in [4.78, 5) is 14.8. The minimum absolute atomic E-state index is 0.243. The van der Waals surface area contributed by atoms with Crippen molar-refractivity contribution in [3.05, 3.63) is 64.2 Å². The van der Waals surface area contributed by atoms with Crippen LogP contribution >= 0.6 is 0 Å². The Labute approximate surface area is 171 Å². The number of aryl methyl sites for hydroxylation is 1. The quantitative estimate of drug-likeness (QED) is 0.402. The van der Waals surface area contributed by atoms with Crippen LogP contribution in [0.5, 0.6) is 0 Å². The molecule has 0 bridgehead atoms. The topological polar surface area (TPSA) is 95.8 Å². The lowest BCUT2D eigenvalue weighted by Gasteiger charge is -2.36. The summed E-state index contributed by atoms with van der Waals surface area (Å²) in [5, 5.41) is 11.1. The third-order valence-corrected chi connectivity index (χ3v) is 6.54. The Morgan fingerprint density at radius 2 is 1.79 bits per heavy atom. The van der Waals surface area contributed by atoms with Gasteiger partial charge < -0.3 is 4.90 Å². The maximum Gasteiger partial charge on any atom is 0.289 e. The molecule has 0 atom stereocenters. The molecule has 0 saturated carbocycles. The number of para-hydroxylation sites is 1. The van der Waals surface area contributed by atoms with E-state index in [1.165, 1.54) is 35.5 Å². The molecule has 8 nitrogen and oxygen atoms in total. The number of anilines is 1. The standard InChI is InChI=1S/C20H26N4O4S/c1-17-6-4-7-18(16-17)23-14-12-22(13-15-23)11-5-10-21-29(27,28)20-9-3-2-8-19(20)24(25)26/h2-4,6-9,16,21H,5,10-15H2,1H3. The molecule has 1 N–H and O–H groups in total. The fourth-order valence-electron chi connectivity index (χ4n) is 3.48. The number of sulfonamides is 1. The van der Waals surface area contributed by atoms with E-state index in [1.54, 1.807) is 0 Å². The van der Waals surface area contributed by atoms with Crippen molar-refractivity contribution in [1.29, 1.82) is 0 Å². The van der Waals surface area contributed by atoms with Gasteiger partial charge in [0.2, 0.25) is 10.0 Å². The van der Waals surface area contributed by atoms with Crippen molar-refractivity contribution in [2.24, 2.45) is 0 Å². The van der Waals surface area contributed by atoms with E-state index in [-0.39, 0.29) is 11.4 Å². The minimum atomic E-state index is -3.91. The van der Waals surface area contributed by atoms with Crippen molar-refractivity contribution < 1.29 is 13.3 Å². The predicted molar refractivity (Wildman–Crippen MR) is 113 cm³/mol. The van der Waals surface area contributed by atoms with Crippen molar-refractivity contribution in [1.82, 2.24) is 9.62 Å². The van der Waals surface area contributed by atoms with E-state index in [0.717, 1.165) is 32.7 Å². The second-order valence-electron chi connectivity index (χ2n) is 7.14. The first-order chi connectivity index (χ1) is 13.9. The molecule has 1 heterocycles. The Morgan fingerprint density at radius 3 is 2.48 bits per heavy atom.